The SMILES string of the molecule is COc1ccc(C2C(C(=O)c3ccccc3)C(c3ccccc3)C3CCC(=O)N32)cc1OC. The van der Waals surface area contributed by atoms with E-state index in [1.54, 1.807) is 14.2 Å². The molecule has 0 radical (unpaired) electrons. The number of carbonyl (C=O) groups is 2. The highest BCUT2D eigenvalue weighted by Gasteiger charge is 2.56. The zero-order valence-corrected chi connectivity index (χ0v) is 18.8. The fraction of sp³-hybridized carbons (Fsp3) is 0.286. The third-order valence-electron chi connectivity index (χ3n) is 7.04. The normalized spacial score (nSPS) is 23.9. The molecular weight excluding hydrogens is 414 g/mol. The van der Waals surface area contributed by atoms with Crippen LogP contribution in [-0.2, 0) is 4.79 Å². The molecule has 2 heterocycles. The highest BCUT2D eigenvalue weighted by atomic mass is 16.5. The van der Waals surface area contributed by atoms with Crippen LogP contribution in [0.5, 0.6) is 11.5 Å². The molecule has 0 bridgehead atoms. The first kappa shape index (κ1) is 21.3. The van der Waals surface area contributed by atoms with Crippen molar-refractivity contribution in [3.05, 3.63) is 95.6 Å². The number of hydrogen-bond acceptors (Lipinski definition) is 4. The van der Waals surface area contributed by atoms with Crippen molar-refractivity contribution >= 4 is 11.7 Å². The lowest BCUT2D eigenvalue weighted by molar-refractivity contribution is -0.130. The number of rotatable bonds is 6. The summed E-state index contributed by atoms with van der Waals surface area (Å²) in [6.45, 7) is 0. The Kier molecular flexibility index (Phi) is 5.63. The van der Waals surface area contributed by atoms with Gasteiger partial charge < -0.3 is 14.4 Å². The van der Waals surface area contributed by atoms with Crippen LogP contribution in [-0.4, -0.2) is 36.9 Å². The van der Waals surface area contributed by atoms with Gasteiger partial charge in [-0.25, -0.2) is 0 Å². The average molecular weight is 442 g/mol. The van der Waals surface area contributed by atoms with Crippen molar-refractivity contribution in [2.45, 2.75) is 30.8 Å². The van der Waals surface area contributed by atoms with Gasteiger partial charge in [0.25, 0.3) is 0 Å². The van der Waals surface area contributed by atoms with Gasteiger partial charge in [0.2, 0.25) is 5.91 Å². The van der Waals surface area contributed by atoms with E-state index in [4.69, 9.17) is 9.47 Å². The zero-order valence-electron chi connectivity index (χ0n) is 18.8. The molecule has 0 N–H and O–H groups in total. The standard InChI is InChI=1S/C28H27NO4/c1-32-22-15-13-20(17-23(22)33-2)27-26(28(31)19-11-7-4-8-12-19)25(18-9-5-3-6-10-18)21-14-16-24(30)29(21)27/h3-13,15,17,21,25-27H,14,16H2,1-2H3. The second-order valence-corrected chi connectivity index (χ2v) is 8.66. The first-order chi connectivity index (χ1) is 16.1. The fourth-order valence-electron chi connectivity index (χ4n) is 5.66. The number of methoxy groups -OCH3 is 2. The third kappa shape index (κ3) is 3.58. The molecule has 2 saturated heterocycles. The molecule has 2 fully saturated rings. The van der Waals surface area contributed by atoms with Crippen LogP contribution in [0, 0.1) is 5.92 Å². The van der Waals surface area contributed by atoms with Crippen molar-refractivity contribution in [1.82, 2.24) is 4.90 Å². The van der Waals surface area contributed by atoms with Gasteiger partial charge >= 0.3 is 0 Å². The smallest absolute Gasteiger partial charge is 0.223 e. The maximum Gasteiger partial charge on any atom is 0.223 e. The molecule has 1 amide bonds. The predicted octanol–water partition coefficient (Wildman–Crippen LogP) is 5.03. The van der Waals surface area contributed by atoms with Crippen molar-refractivity contribution in [1.29, 1.82) is 0 Å². The number of carbonyl (C=O) groups excluding carboxylic acids is 2. The summed E-state index contributed by atoms with van der Waals surface area (Å²) >= 11 is 0. The van der Waals surface area contributed by atoms with Gasteiger partial charge in [-0.15, -0.1) is 0 Å². The number of Topliss-reactive ketones (excluding diaryl/α,β-unsaturated/α-hetero) is 1. The van der Waals surface area contributed by atoms with E-state index in [2.05, 4.69) is 12.1 Å². The average Bonchev–Trinajstić information content (AvgIpc) is 3.41. The molecular formula is C28H27NO4. The van der Waals surface area contributed by atoms with Gasteiger partial charge in [-0.05, 0) is 29.7 Å². The molecule has 0 saturated carbocycles. The second-order valence-electron chi connectivity index (χ2n) is 8.66. The molecule has 0 aromatic heterocycles. The molecule has 5 heteroatoms. The third-order valence-corrected chi connectivity index (χ3v) is 7.04. The summed E-state index contributed by atoms with van der Waals surface area (Å²) < 4.78 is 11.0. The molecule has 0 spiro atoms. The van der Waals surface area contributed by atoms with Crippen molar-refractivity contribution in [3.8, 4) is 11.5 Å². The Bertz CT molecular complexity index is 1160. The molecule has 4 atom stereocenters. The minimum Gasteiger partial charge on any atom is -0.493 e. The molecule has 5 nitrogen and oxygen atoms in total. The molecule has 2 aliphatic rings. The Balaban J connectivity index is 1.69. The van der Waals surface area contributed by atoms with Gasteiger partial charge in [-0.2, -0.15) is 0 Å². The molecule has 33 heavy (non-hydrogen) atoms. The van der Waals surface area contributed by atoms with Gasteiger partial charge in [-0.3, -0.25) is 9.59 Å². The van der Waals surface area contributed by atoms with Gasteiger partial charge in [0.1, 0.15) is 0 Å². The van der Waals surface area contributed by atoms with E-state index in [0.29, 0.717) is 23.5 Å². The lowest BCUT2D eigenvalue weighted by atomic mass is 9.75. The number of ketones is 1. The molecule has 5 rings (SSSR count). The molecule has 0 aliphatic carbocycles. The second kappa shape index (κ2) is 8.74. The van der Waals surface area contributed by atoms with Crippen molar-refractivity contribution in [2.24, 2.45) is 5.92 Å². The predicted molar refractivity (Wildman–Crippen MR) is 126 cm³/mol. The summed E-state index contributed by atoms with van der Waals surface area (Å²) in [6.07, 6.45) is 1.25. The minimum absolute atomic E-state index is 0.0179. The maximum atomic E-state index is 14.0. The van der Waals surface area contributed by atoms with Crippen LogP contribution < -0.4 is 9.47 Å². The van der Waals surface area contributed by atoms with E-state index < -0.39 is 5.92 Å². The van der Waals surface area contributed by atoms with Gasteiger partial charge in [0.05, 0.1) is 26.2 Å². The van der Waals surface area contributed by atoms with Gasteiger partial charge in [-0.1, -0.05) is 66.7 Å². The minimum atomic E-state index is -0.401. The van der Waals surface area contributed by atoms with Crippen LogP contribution in [0.15, 0.2) is 78.9 Å². The summed E-state index contributed by atoms with van der Waals surface area (Å²) in [7, 11) is 3.19. The topological polar surface area (TPSA) is 55.8 Å². The molecule has 168 valence electrons. The first-order valence-corrected chi connectivity index (χ1v) is 11.3. The van der Waals surface area contributed by atoms with E-state index in [0.717, 1.165) is 17.5 Å². The van der Waals surface area contributed by atoms with Crippen molar-refractivity contribution in [3.63, 3.8) is 0 Å². The number of nitrogens with zero attached hydrogens (tertiary/aromatic N) is 1. The highest BCUT2D eigenvalue weighted by Crippen LogP contribution is 2.55. The molecule has 4 unspecified atom stereocenters. The molecule has 3 aromatic carbocycles. The highest BCUT2D eigenvalue weighted by molar-refractivity contribution is 6.00. The Morgan fingerprint density at radius 1 is 0.848 bits per heavy atom. The summed E-state index contributed by atoms with van der Waals surface area (Å²) in [5.41, 5.74) is 2.66. The van der Waals surface area contributed by atoms with E-state index >= 15 is 0 Å². The number of hydrogen-bond donors (Lipinski definition) is 0. The quantitative estimate of drug-likeness (QED) is 0.504. The maximum absolute atomic E-state index is 14.0. The Morgan fingerprint density at radius 2 is 1.52 bits per heavy atom. The summed E-state index contributed by atoms with van der Waals surface area (Å²) in [5.74, 6) is 0.891. The Labute approximate surface area is 193 Å². The van der Waals surface area contributed by atoms with E-state index in [9.17, 15) is 9.59 Å². The van der Waals surface area contributed by atoms with Crippen LogP contribution in [0.2, 0.25) is 0 Å². The Hall–Kier alpha value is -3.60. The summed E-state index contributed by atoms with van der Waals surface area (Å²) in [4.78, 5) is 29.2. The largest absolute Gasteiger partial charge is 0.493 e. The number of fused-ring (bicyclic) bond motifs is 1. The molecule has 2 aliphatic heterocycles. The first-order valence-electron chi connectivity index (χ1n) is 11.3. The van der Waals surface area contributed by atoms with E-state index in [1.165, 1.54) is 0 Å². The Morgan fingerprint density at radius 3 is 2.18 bits per heavy atom. The van der Waals surface area contributed by atoms with Crippen LogP contribution in [0.4, 0.5) is 0 Å². The lowest BCUT2D eigenvalue weighted by Crippen LogP contribution is -2.32. The van der Waals surface area contributed by atoms with Crippen molar-refractivity contribution in [2.75, 3.05) is 14.2 Å². The monoisotopic (exact) mass is 441 g/mol. The van der Waals surface area contributed by atoms with E-state index in [1.807, 2.05) is 71.6 Å². The number of ether oxygens (including phenoxy) is 2. The van der Waals surface area contributed by atoms with Crippen molar-refractivity contribution < 1.29 is 19.1 Å². The van der Waals surface area contributed by atoms with Gasteiger partial charge in [0, 0.05) is 23.9 Å². The molecule has 3 aromatic rings. The zero-order chi connectivity index (χ0) is 22.9. The van der Waals surface area contributed by atoms with Gasteiger partial charge in [0.15, 0.2) is 17.3 Å². The van der Waals surface area contributed by atoms with Crippen LogP contribution in [0.1, 0.15) is 46.3 Å². The summed E-state index contributed by atoms with van der Waals surface area (Å²) in [6, 6.07) is 24.9. The van der Waals surface area contributed by atoms with Crippen LogP contribution in [0.25, 0.3) is 0 Å². The lowest BCUT2D eigenvalue weighted by Gasteiger charge is -2.28. The number of benzene rings is 3. The fourth-order valence-corrected chi connectivity index (χ4v) is 5.66. The van der Waals surface area contributed by atoms with Crippen LogP contribution >= 0.6 is 0 Å². The summed E-state index contributed by atoms with van der Waals surface area (Å²) in [5, 5.41) is 0. The van der Waals surface area contributed by atoms with E-state index in [-0.39, 0.29) is 29.7 Å². The number of amides is 1. The van der Waals surface area contributed by atoms with Crippen LogP contribution in [0.3, 0.4) is 0 Å².